The number of amides is 2. The first kappa shape index (κ1) is 22.1. The van der Waals surface area contributed by atoms with E-state index in [4.69, 9.17) is 11.6 Å². The van der Waals surface area contributed by atoms with Gasteiger partial charge in [0.25, 0.3) is 21.8 Å². The number of hydrazine groups is 1. The lowest BCUT2D eigenvalue weighted by Crippen LogP contribution is -2.41. The van der Waals surface area contributed by atoms with Gasteiger partial charge in [0.2, 0.25) is 0 Å². The second kappa shape index (κ2) is 9.07. The van der Waals surface area contributed by atoms with Gasteiger partial charge in [-0.15, -0.1) is 0 Å². The van der Waals surface area contributed by atoms with Crippen molar-refractivity contribution >= 4 is 39.1 Å². The molecule has 0 spiro atoms. The predicted molar refractivity (Wildman–Crippen MR) is 116 cm³/mol. The summed E-state index contributed by atoms with van der Waals surface area (Å²) >= 11 is 5.87. The molecule has 0 aliphatic carbocycles. The lowest BCUT2D eigenvalue weighted by molar-refractivity contribution is 0.0845. The molecule has 0 aliphatic heterocycles. The second-order valence-electron chi connectivity index (χ2n) is 6.57. The Morgan fingerprint density at radius 3 is 2.32 bits per heavy atom. The molecule has 0 bridgehead atoms. The lowest BCUT2D eigenvalue weighted by atomic mass is 10.1. The number of nitrogens with one attached hydrogen (secondary N) is 3. The summed E-state index contributed by atoms with van der Waals surface area (Å²) in [6, 6.07) is 15.9. The van der Waals surface area contributed by atoms with Gasteiger partial charge >= 0.3 is 0 Å². The van der Waals surface area contributed by atoms with Gasteiger partial charge in [-0.1, -0.05) is 29.8 Å². The summed E-state index contributed by atoms with van der Waals surface area (Å²) in [4.78, 5) is 24.4. The van der Waals surface area contributed by atoms with Gasteiger partial charge in [-0.25, -0.2) is 8.42 Å². The molecular formula is C21H18ClN3O5S. The first-order valence-electron chi connectivity index (χ1n) is 8.94. The van der Waals surface area contributed by atoms with Crippen LogP contribution in [0.1, 0.15) is 26.3 Å². The zero-order valence-electron chi connectivity index (χ0n) is 16.2. The SMILES string of the molecule is Cc1ccc(C(=O)NNC(=O)c2cccc(S(=O)(=O)Nc3cccc(Cl)c3)c2)c(O)c1. The van der Waals surface area contributed by atoms with Crippen LogP contribution in [-0.4, -0.2) is 25.3 Å². The van der Waals surface area contributed by atoms with Crippen LogP contribution in [0, 0.1) is 6.92 Å². The molecule has 0 saturated carbocycles. The van der Waals surface area contributed by atoms with Gasteiger partial charge in [0.15, 0.2) is 0 Å². The monoisotopic (exact) mass is 459 g/mol. The maximum absolute atomic E-state index is 12.6. The Morgan fingerprint density at radius 1 is 0.903 bits per heavy atom. The Bertz CT molecular complexity index is 1260. The number of aryl methyl sites for hydroxylation is 1. The molecule has 0 fully saturated rings. The summed E-state index contributed by atoms with van der Waals surface area (Å²) in [6.07, 6.45) is 0. The summed E-state index contributed by atoms with van der Waals surface area (Å²) in [6.45, 7) is 1.76. The number of halogens is 1. The molecule has 0 radical (unpaired) electrons. The summed E-state index contributed by atoms with van der Waals surface area (Å²) in [5.74, 6) is -1.69. The molecule has 3 aromatic carbocycles. The largest absolute Gasteiger partial charge is 0.507 e. The molecule has 4 N–H and O–H groups in total. The van der Waals surface area contributed by atoms with Crippen LogP contribution >= 0.6 is 11.6 Å². The summed E-state index contributed by atoms with van der Waals surface area (Å²) in [7, 11) is -3.98. The number of phenolic OH excluding ortho intramolecular Hbond substituents is 1. The third kappa shape index (κ3) is 5.53. The molecule has 0 aromatic heterocycles. The van der Waals surface area contributed by atoms with Crippen LogP contribution in [0.3, 0.4) is 0 Å². The van der Waals surface area contributed by atoms with Crippen LogP contribution in [0.2, 0.25) is 5.02 Å². The van der Waals surface area contributed by atoms with E-state index >= 15 is 0 Å². The van der Waals surface area contributed by atoms with E-state index in [1.165, 1.54) is 42.5 Å². The van der Waals surface area contributed by atoms with Crippen molar-refractivity contribution < 1.29 is 23.1 Å². The zero-order valence-corrected chi connectivity index (χ0v) is 17.8. The second-order valence-corrected chi connectivity index (χ2v) is 8.69. The molecule has 10 heteroatoms. The van der Waals surface area contributed by atoms with Crippen LogP contribution < -0.4 is 15.6 Å². The van der Waals surface area contributed by atoms with Crippen molar-refractivity contribution in [3.05, 3.63) is 88.4 Å². The number of hydrogen-bond acceptors (Lipinski definition) is 5. The molecule has 3 aromatic rings. The van der Waals surface area contributed by atoms with E-state index in [1.54, 1.807) is 25.1 Å². The van der Waals surface area contributed by atoms with Crippen LogP contribution in [0.4, 0.5) is 5.69 Å². The fraction of sp³-hybridized carbons (Fsp3) is 0.0476. The Kier molecular flexibility index (Phi) is 6.47. The van der Waals surface area contributed by atoms with E-state index in [9.17, 15) is 23.1 Å². The average Bonchev–Trinajstić information content (AvgIpc) is 2.71. The van der Waals surface area contributed by atoms with Crippen molar-refractivity contribution in [3.63, 3.8) is 0 Å². The standard InChI is InChI=1S/C21H18ClN3O5S/c1-13-8-9-18(19(26)10-13)21(28)24-23-20(27)14-4-2-7-17(11-14)31(29,30)25-16-6-3-5-15(22)12-16/h2-12,25-26H,1H3,(H,23,27)(H,24,28). The minimum Gasteiger partial charge on any atom is -0.507 e. The Labute approximate surface area is 183 Å². The minimum absolute atomic E-state index is 0.00222. The van der Waals surface area contributed by atoms with Crippen molar-refractivity contribution in [2.75, 3.05) is 4.72 Å². The van der Waals surface area contributed by atoms with Crippen molar-refractivity contribution in [2.45, 2.75) is 11.8 Å². The van der Waals surface area contributed by atoms with Gasteiger partial charge in [-0.2, -0.15) is 0 Å². The molecule has 2 amide bonds. The number of phenols is 1. The van der Waals surface area contributed by atoms with Gasteiger partial charge in [0, 0.05) is 10.6 Å². The topological polar surface area (TPSA) is 125 Å². The normalized spacial score (nSPS) is 10.9. The van der Waals surface area contributed by atoms with Crippen LogP contribution in [0.15, 0.2) is 71.6 Å². The highest BCUT2D eigenvalue weighted by Crippen LogP contribution is 2.20. The lowest BCUT2D eigenvalue weighted by Gasteiger charge is -2.11. The Balaban J connectivity index is 1.71. The first-order valence-corrected chi connectivity index (χ1v) is 10.8. The molecule has 0 saturated heterocycles. The quantitative estimate of drug-likeness (QED) is 0.436. The molecule has 160 valence electrons. The van der Waals surface area contributed by atoms with E-state index in [0.717, 1.165) is 11.6 Å². The summed E-state index contributed by atoms with van der Waals surface area (Å²) < 4.78 is 27.6. The first-order chi connectivity index (χ1) is 14.7. The summed E-state index contributed by atoms with van der Waals surface area (Å²) in [5, 5.41) is 10.2. The predicted octanol–water partition coefficient (Wildman–Crippen LogP) is 3.23. The highest BCUT2D eigenvalue weighted by Gasteiger charge is 2.18. The molecule has 0 unspecified atom stereocenters. The molecule has 0 aliphatic rings. The maximum atomic E-state index is 12.6. The molecule has 3 rings (SSSR count). The number of anilines is 1. The third-order valence-electron chi connectivity index (χ3n) is 4.17. The highest BCUT2D eigenvalue weighted by atomic mass is 35.5. The Hall–Kier alpha value is -3.56. The van der Waals surface area contributed by atoms with E-state index in [-0.39, 0.29) is 27.5 Å². The molecular weight excluding hydrogens is 442 g/mol. The molecule has 0 heterocycles. The van der Waals surface area contributed by atoms with Crippen molar-refractivity contribution in [1.82, 2.24) is 10.9 Å². The number of sulfonamides is 1. The third-order valence-corrected chi connectivity index (χ3v) is 5.78. The molecule has 31 heavy (non-hydrogen) atoms. The molecule has 8 nitrogen and oxygen atoms in total. The maximum Gasteiger partial charge on any atom is 0.273 e. The highest BCUT2D eigenvalue weighted by molar-refractivity contribution is 7.92. The number of aromatic hydroxyl groups is 1. The van der Waals surface area contributed by atoms with E-state index in [2.05, 4.69) is 15.6 Å². The fourth-order valence-corrected chi connectivity index (χ4v) is 3.94. The van der Waals surface area contributed by atoms with Crippen LogP contribution in [-0.2, 0) is 10.0 Å². The van der Waals surface area contributed by atoms with Gasteiger partial charge in [0.1, 0.15) is 5.75 Å². The minimum atomic E-state index is -3.98. The smallest absolute Gasteiger partial charge is 0.273 e. The van der Waals surface area contributed by atoms with E-state index in [0.29, 0.717) is 5.02 Å². The van der Waals surface area contributed by atoms with Crippen molar-refractivity contribution in [3.8, 4) is 5.75 Å². The number of benzene rings is 3. The van der Waals surface area contributed by atoms with Crippen LogP contribution in [0.25, 0.3) is 0 Å². The zero-order chi connectivity index (χ0) is 22.6. The van der Waals surface area contributed by atoms with E-state index in [1.807, 2.05) is 0 Å². The number of hydrogen-bond donors (Lipinski definition) is 4. The fourth-order valence-electron chi connectivity index (χ4n) is 2.66. The van der Waals surface area contributed by atoms with Crippen LogP contribution in [0.5, 0.6) is 5.75 Å². The average molecular weight is 460 g/mol. The van der Waals surface area contributed by atoms with Gasteiger partial charge < -0.3 is 5.11 Å². The van der Waals surface area contributed by atoms with Gasteiger partial charge in [-0.3, -0.25) is 25.2 Å². The van der Waals surface area contributed by atoms with Crippen molar-refractivity contribution in [2.24, 2.45) is 0 Å². The Morgan fingerprint density at radius 2 is 1.61 bits per heavy atom. The number of carbonyl (C=O) groups is 2. The van der Waals surface area contributed by atoms with Crippen molar-refractivity contribution in [1.29, 1.82) is 0 Å². The van der Waals surface area contributed by atoms with E-state index < -0.39 is 21.8 Å². The molecule has 0 atom stereocenters. The van der Waals surface area contributed by atoms with Gasteiger partial charge in [0.05, 0.1) is 16.1 Å². The van der Waals surface area contributed by atoms with Gasteiger partial charge in [-0.05, 0) is 61.0 Å². The number of rotatable bonds is 5. The number of carbonyl (C=O) groups excluding carboxylic acids is 2. The summed E-state index contributed by atoms with van der Waals surface area (Å²) in [5.41, 5.74) is 5.40.